The minimum absolute atomic E-state index is 0.139. The van der Waals surface area contributed by atoms with Crippen molar-refractivity contribution in [3.63, 3.8) is 0 Å². The minimum atomic E-state index is -0.139. The maximum absolute atomic E-state index is 12.3. The van der Waals surface area contributed by atoms with Crippen LogP contribution < -0.4 is 0 Å². The van der Waals surface area contributed by atoms with Crippen LogP contribution >= 0.6 is 0 Å². The van der Waals surface area contributed by atoms with Crippen molar-refractivity contribution in [1.82, 2.24) is 24.6 Å². The third-order valence-electron chi connectivity index (χ3n) is 3.24. The zero-order valence-electron chi connectivity index (χ0n) is 11.7. The summed E-state index contributed by atoms with van der Waals surface area (Å²) in [6.07, 6.45) is 5.11. The Bertz CT molecular complexity index is 754. The van der Waals surface area contributed by atoms with Crippen molar-refractivity contribution in [2.75, 3.05) is 13.6 Å². The number of aromatic nitrogens is 4. The van der Waals surface area contributed by atoms with E-state index >= 15 is 0 Å². The third-order valence-corrected chi connectivity index (χ3v) is 3.24. The van der Waals surface area contributed by atoms with Crippen LogP contribution in [0.15, 0.2) is 48.9 Å². The highest BCUT2D eigenvalue weighted by Gasteiger charge is 2.14. The van der Waals surface area contributed by atoms with E-state index in [0.717, 1.165) is 11.0 Å². The number of carbonyl (C=O) groups is 1. The van der Waals surface area contributed by atoms with E-state index in [4.69, 9.17) is 0 Å². The van der Waals surface area contributed by atoms with Gasteiger partial charge >= 0.3 is 0 Å². The number of hydrogen-bond donors (Lipinski definition) is 0. The van der Waals surface area contributed by atoms with E-state index < -0.39 is 0 Å². The van der Waals surface area contributed by atoms with Crippen LogP contribution in [-0.2, 0) is 6.54 Å². The summed E-state index contributed by atoms with van der Waals surface area (Å²) in [6.45, 7) is 1.21. The van der Waals surface area contributed by atoms with Crippen LogP contribution in [0.4, 0.5) is 0 Å². The average molecular weight is 281 g/mol. The summed E-state index contributed by atoms with van der Waals surface area (Å²) < 4.78 is 1.79. The molecule has 0 unspecified atom stereocenters. The first kappa shape index (κ1) is 13.2. The molecule has 0 N–H and O–H groups in total. The number of amides is 1. The number of likely N-dealkylation sites (N-methyl/N-ethyl adjacent to an activating group) is 1. The Morgan fingerprint density at radius 2 is 2.05 bits per heavy atom. The Kier molecular flexibility index (Phi) is 3.59. The number of para-hydroxylation sites is 2. The highest BCUT2D eigenvalue weighted by molar-refractivity contribution is 5.93. The lowest BCUT2D eigenvalue weighted by atomic mass is 10.3. The maximum atomic E-state index is 12.3. The molecule has 2 heterocycles. The summed E-state index contributed by atoms with van der Waals surface area (Å²) >= 11 is 0. The van der Waals surface area contributed by atoms with E-state index in [2.05, 4.69) is 15.1 Å². The van der Waals surface area contributed by atoms with E-state index in [-0.39, 0.29) is 5.91 Å². The second-order valence-corrected chi connectivity index (χ2v) is 4.74. The molecule has 0 saturated heterocycles. The lowest BCUT2D eigenvalue weighted by Crippen LogP contribution is -2.31. The molecule has 0 fully saturated rings. The van der Waals surface area contributed by atoms with Gasteiger partial charge in [-0.25, -0.2) is 4.98 Å². The molecule has 0 atom stereocenters. The normalized spacial score (nSPS) is 10.7. The molecule has 0 aliphatic carbocycles. The lowest BCUT2D eigenvalue weighted by molar-refractivity contribution is 0.0783. The van der Waals surface area contributed by atoms with Gasteiger partial charge in [0, 0.05) is 26.0 Å². The predicted octanol–water partition coefficient (Wildman–Crippen LogP) is 1.60. The third kappa shape index (κ3) is 2.89. The smallest absolute Gasteiger partial charge is 0.273 e. The van der Waals surface area contributed by atoms with Gasteiger partial charge in [-0.1, -0.05) is 12.1 Å². The van der Waals surface area contributed by atoms with Crippen molar-refractivity contribution < 1.29 is 4.79 Å². The van der Waals surface area contributed by atoms with E-state index in [1.807, 2.05) is 36.5 Å². The molecule has 106 valence electrons. The van der Waals surface area contributed by atoms with Gasteiger partial charge in [0.25, 0.3) is 5.91 Å². The molecule has 6 nitrogen and oxygen atoms in total. The Morgan fingerprint density at radius 1 is 1.24 bits per heavy atom. The van der Waals surface area contributed by atoms with Gasteiger partial charge in [0.15, 0.2) is 0 Å². The molecule has 0 spiro atoms. The molecule has 3 rings (SSSR count). The summed E-state index contributed by atoms with van der Waals surface area (Å²) in [5.74, 6) is -0.139. The molecule has 1 amide bonds. The van der Waals surface area contributed by atoms with Crippen molar-refractivity contribution in [2.45, 2.75) is 6.54 Å². The van der Waals surface area contributed by atoms with Crippen LogP contribution in [0.3, 0.4) is 0 Å². The van der Waals surface area contributed by atoms with Gasteiger partial charge in [-0.3, -0.25) is 14.5 Å². The van der Waals surface area contributed by atoms with Gasteiger partial charge in [0.1, 0.15) is 5.69 Å². The van der Waals surface area contributed by atoms with E-state index in [1.54, 1.807) is 22.8 Å². The average Bonchev–Trinajstić information content (AvgIpc) is 3.05. The highest BCUT2D eigenvalue weighted by Crippen LogP contribution is 2.09. The zero-order valence-corrected chi connectivity index (χ0v) is 11.7. The second kappa shape index (κ2) is 5.70. The summed E-state index contributed by atoms with van der Waals surface area (Å²) in [6, 6.07) is 9.36. The molecule has 0 aliphatic rings. The molecule has 6 heteroatoms. The lowest BCUT2D eigenvalue weighted by Gasteiger charge is -2.16. The largest absolute Gasteiger partial charge is 0.338 e. The van der Waals surface area contributed by atoms with Crippen LogP contribution in [-0.4, -0.2) is 44.1 Å². The fourth-order valence-electron chi connectivity index (χ4n) is 2.04. The SMILES string of the molecule is CN(CCn1cccn1)C(=O)c1cnc2ccccc2n1. The Balaban J connectivity index is 1.73. The van der Waals surface area contributed by atoms with Crippen LogP contribution in [0.1, 0.15) is 10.5 Å². The number of benzene rings is 1. The quantitative estimate of drug-likeness (QED) is 0.728. The van der Waals surface area contributed by atoms with Gasteiger partial charge in [0.2, 0.25) is 0 Å². The highest BCUT2D eigenvalue weighted by atomic mass is 16.2. The van der Waals surface area contributed by atoms with Crippen molar-refractivity contribution in [3.8, 4) is 0 Å². The standard InChI is InChI=1S/C15H15N5O/c1-19(9-10-20-8-4-7-17-20)15(21)14-11-16-12-5-2-3-6-13(12)18-14/h2-8,11H,9-10H2,1H3. The number of carbonyl (C=O) groups excluding carboxylic acids is 1. The Morgan fingerprint density at radius 3 is 2.81 bits per heavy atom. The number of fused-ring (bicyclic) bond motifs is 1. The molecule has 0 aliphatic heterocycles. The zero-order chi connectivity index (χ0) is 14.7. The number of rotatable bonds is 4. The maximum Gasteiger partial charge on any atom is 0.273 e. The minimum Gasteiger partial charge on any atom is -0.338 e. The summed E-state index contributed by atoms with van der Waals surface area (Å²) in [4.78, 5) is 22.6. The van der Waals surface area contributed by atoms with Crippen molar-refractivity contribution in [3.05, 3.63) is 54.6 Å². The molecule has 0 saturated carbocycles. The molecule has 21 heavy (non-hydrogen) atoms. The fourth-order valence-corrected chi connectivity index (χ4v) is 2.04. The fraction of sp³-hybridized carbons (Fsp3) is 0.200. The van der Waals surface area contributed by atoms with Gasteiger partial charge in [0.05, 0.1) is 23.8 Å². The first-order chi connectivity index (χ1) is 10.2. The van der Waals surface area contributed by atoms with Gasteiger partial charge in [-0.2, -0.15) is 5.10 Å². The molecule has 2 aromatic heterocycles. The second-order valence-electron chi connectivity index (χ2n) is 4.74. The van der Waals surface area contributed by atoms with Crippen LogP contribution in [0.5, 0.6) is 0 Å². The topological polar surface area (TPSA) is 63.9 Å². The summed E-state index contributed by atoms with van der Waals surface area (Å²) in [7, 11) is 1.75. The molecule has 3 aromatic rings. The number of nitrogens with zero attached hydrogens (tertiary/aromatic N) is 5. The van der Waals surface area contributed by atoms with Crippen molar-refractivity contribution in [2.24, 2.45) is 0 Å². The van der Waals surface area contributed by atoms with Crippen LogP contribution in [0, 0.1) is 0 Å². The van der Waals surface area contributed by atoms with Gasteiger partial charge < -0.3 is 4.90 Å². The van der Waals surface area contributed by atoms with E-state index in [9.17, 15) is 4.79 Å². The molecule has 0 bridgehead atoms. The van der Waals surface area contributed by atoms with Gasteiger partial charge in [-0.15, -0.1) is 0 Å². The molecular formula is C15H15N5O. The van der Waals surface area contributed by atoms with Gasteiger partial charge in [-0.05, 0) is 18.2 Å². The van der Waals surface area contributed by atoms with Crippen LogP contribution in [0.25, 0.3) is 11.0 Å². The molecule has 0 radical (unpaired) electrons. The van der Waals surface area contributed by atoms with Crippen molar-refractivity contribution >= 4 is 16.9 Å². The predicted molar refractivity (Wildman–Crippen MR) is 78.7 cm³/mol. The first-order valence-electron chi connectivity index (χ1n) is 6.69. The van der Waals surface area contributed by atoms with E-state index in [1.165, 1.54) is 6.20 Å². The van der Waals surface area contributed by atoms with E-state index in [0.29, 0.717) is 18.8 Å². The Labute approximate surface area is 122 Å². The first-order valence-corrected chi connectivity index (χ1v) is 6.69. The summed E-state index contributed by atoms with van der Waals surface area (Å²) in [5.41, 5.74) is 1.87. The summed E-state index contributed by atoms with van der Waals surface area (Å²) in [5, 5.41) is 4.11. The monoisotopic (exact) mass is 281 g/mol. The molecular weight excluding hydrogens is 266 g/mol. The molecule has 1 aromatic carbocycles. The van der Waals surface area contributed by atoms with Crippen LogP contribution in [0.2, 0.25) is 0 Å². The Hall–Kier alpha value is -2.76. The van der Waals surface area contributed by atoms with Crippen molar-refractivity contribution in [1.29, 1.82) is 0 Å². The number of hydrogen-bond acceptors (Lipinski definition) is 4.